The molecule has 0 unspecified atom stereocenters. The Labute approximate surface area is 134 Å². The Kier molecular flexibility index (Phi) is 5.68. The van der Waals surface area contributed by atoms with Gasteiger partial charge < -0.3 is 14.3 Å². The van der Waals surface area contributed by atoms with Gasteiger partial charge in [0.05, 0.1) is 31.7 Å². The maximum absolute atomic E-state index is 10.8. The van der Waals surface area contributed by atoms with E-state index in [4.69, 9.17) is 14.3 Å². The van der Waals surface area contributed by atoms with E-state index >= 15 is 0 Å². The number of carbonyl (C=O) groups is 1. The fourth-order valence-electron chi connectivity index (χ4n) is 2.12. The number of hydrogen-bond acceptors (Lipinski definition) is 6. The Morgan fingerprint density at radius 2 is 1.87 bits per heavy atom. The van der Waals surface area contributed by atoms with Crippen LogP contribution in [0.5, 0.6) is 11.5 Å². The van der Waals surface area contributed by atoms with Crippen molar-refractivity contribution in [2.24, 2.45) is 5.16 Å². The lowest BCUT2D eigenvalue weighted by Gasteiger charge is -2.11. The second-order valence-electron chi connectivity index (χ2n) is 4.73. The van der Waals surface area contributed by atoms with E-state index in [1.54, 1.807) is 26.4 Å². The average Bonchev–Trinajstić information content (AvgIpc) is 2.57. The molecular weight excluding hydrogens is 296 g/mol. The van der Waals surface area contributed by atoms with Crippen LogP contribution >= 0.6 is 0 Å². The van der Waals surface area contributed by atoms with Gasteiger partial charge >= 0.3 is 0 Å². The highest BCUT2D eigenvalue weighted by Gasteiger charge is 2.10. The molecule has 1 aromatic heterocycles. The second kappa shape index (κ2) is 7.93. The van der Waals surface area contributed by atoms with Crippen molar-refractivity contribution < 1.29 is 19.1 Å². The Hall–Kier alpha value is -2.89. The van der Waals surface area contributed by atoms with Crippen molar-refractivity contribution in [3.63, 3.8) is 0 Å². The second-order valence-corrected chi connectivity index (χ2v) is 4.73. The number of oxime groups is 1. The highest BCUT2D eigenvalue weighted by Crippen LogP contribution is 2.28. The first-order chi connectivity index (χ1) is 11.2. The molecule has 0 radical (unpaired) electrons. The van der Waals surface area contributed by atoms with Crippen LogP contribution in [0.15, 0.2) is 35.5 Å². The standard InChI is InChI=1S/C17H18N2O4/c1-12-7-13(10-20)8-14(19-12)9-18-23-11-15-16(21-2)5-4-6-17(15)22-3/h4-10H,11H2,1-3H3/b18-9+. The van der Waals surface area contributed by atoms with Gasteiger partial charge in [-0.1, -0.05) is 11.2 Å². The lowest BCUT2D eigenvalue weighted by molar-refractivity contribution is 0.112. The van der Waals surface area contributed by atoms with Gasteiger partial charge in [0.1, 0.15) is 24.4 Å². The van der Waals surface area contributed by atoms with Gasteiger partial charge in [0, 0.05) is 11.3 Å². The number of aryl methyl sites for hydroxylation is 1. The molecule has 1 aromatic carbocycles. The summed E-state index contributed by atoms with van der Waals surface area (Å²) < 4.78 is 10.6. The van der Waals surface area contributed by atoms with Crippen molar-refractivity contribution >= 4 is 12.5 Å². The van der Waals surface area contributed by atoms with E-state index in [9.17, 15) is 4.79 Å². The molecule has 0 N–H and O–H groups in total. The summed E-state index contributed by atoms with van der Waals surface area (Å²) in [4.78, 5) is 20.4. The van der Waals surface area contributed by atoms with E-state index in [-0.39, 0.29) is 6.61 Å². The van der Waals surface area contributed by atoms with E-state index in [1.807, 2.05) is 25.1 Å². The molecule has 0 fully saturated rings. The largest absolute Gasteiger partial charge is 0.496 e. The topological polar surface area (TPSA) is 70.0 Å². The van der Waals surface area contributed by atoms with Crippen molar-refractivity contribution in [1.29, 1.82) is 0 Å². The summed E-state index contributed by atoms with van der Waals surface area (Å²) in [5, 5.41) is 3.89. The van der Waals surface area contributed by atoms with Gasteiger partial charge in [-0.15, -0.1) is 0 Å². The summed E-state index contributed by atoms with van der Waals surface area (Å²) in [7, 11) is 3.17. The minimum absolute atomic E-state index is 0.191. The van der Waals surface area contributed by atoms with Crippen molar-refractivity contribution in [2.75, 3.05) is 14.2 Å². The van der Waals surface area contributed by atoms with Gasteiger partial charge in [0.25, 0.3) is 0 Å². The molecule has 6 nitrogen and oxygen atoms in total. The van der Waals surface area contributed by atoms with Gasteiger partial charge in [0.2, 0.25) is 0 Å². The highest BCUT2D eigenvalue weighted by molar-refractivity contribution is 5.82. The Bertz CT molecular complexity index is 691. The molecular formula is C17H18N2O4. The Balaban J connectivity index is 2.08. The van der Waals surface area contributed by atoms with E-state index < -0.39 is 0 Å². The number of aldehydes is 1. The molecule has 0 saturated heterocycles. The van der Waals surface area contributed by atoms with Crippen molar-refractivity contribution in [3.8, 4) is 11.5 Å². The van der Waals surface area contributed by atoms with Crippen molar-refractivity contribution in [3.05, 3.63) is 52.8 Å². The Morgan fingerprint density at radius 3 is 2.48 bits per heavy atom. The number of ether oxygens (including phenoxy) is 2. The molecule has 1 heterocycles. The molecule has 120 valence electrons. The summed E-state index contributed by atoms with van der Waals surface area (Å²) in [6.07, 6.45) is 2.23. The van der Waals surface area contributed by atoms with Gasteiger partial charge in [-0.05, 0) is 31.2 Å². The molecule has 2 rings (SSSR count). The molecule has 0 atom stereocenters. The molecule has 6 heteroatoms. The number of carbonyl (C=O) groups excluding carboxylic acids is 1. The third kappa shape index (κ3) is 4.29. The quantitative estimate of drug-likeness (QED) is 0.446. The summed E-state index contributed by atoms with van der Waals surface area (Å²) in [5.41, 5.74) is 2.60. The van der Waals surface area contributed by atoms with Crippen LogP contribution in [0.3, 0.4) is 0 Å². The predicted octanol–water partition coefficient (Wildman–Crippen LogP) is 2.77. The zero-order valence-electron chi connectivity index (χ0n) is 13.3. The number of pyridine rings is 1. The average molecular weight is 314 g/mol. The normalized spacial score (nSPS) is 10.6. The zero-order valence-corrected chi connectivity index (χ0v) is 13.3. The first-order valence-corrected chi connectivity index (χ1v) is 6.97. The van der Waals surface area contributed by atoms with Gasteiger partial charge in [-0.2, -0.15) is 0 Å². The molecule has 0 bridgehead atoms. The van der Waals surface area contributed by atoms with Crippen LogP contribution in [0.4, 0.5) is 0 Å². The third-order valence-electron chi connectivity index (χ3n) is 3.13. The fraction of sp³-hybridized carbons (Fsp3) is 0.235. The maximum atomic E-state index is 10.8. The van der Waals surface area contributed by atoms with Crippen LogP contribution in [-0.4, -0.2) is 31.7 Å². The van der Waals surface area contributed by atoms with Crippen LogP contribution in [0.25, 0.3) is 0 Å². The van der Waals surface area contributed by atoms with Crippen LogP contribution in [0.2, 0.25) is 0 Å². The SMILES string of the molecule is COc1cccc(OC)c1CO/N=C/c1cc(C=O)cc(C)n1. The summed E-state index contributed by atoms with van der Waals surface area (Å²) >= 11 is 0. The van der Waals surface area contributed by atoms with Crippen LogP contribution in [0.1, 0.15) is 27.3 Å². The number of hydrogen-bond donors (Lipinski definition) is 0. The lowest BCUT2D eigenvalue weighted by atomic mass is 10.2. The molecule has 0 saturated carbocycles. The van der Waals surface area contributed by atoms with Crippen molar-refractivity contribution in [2.45, 2.75) is 13.5 Å². The molecule has 23 heavy (non-hydrogen) atoms. The first kappa shape index (κ1) is 16.5. The number of aromatic nitrogens is 1. The molecule has 2 aromatic rings. The summed E-state index contributed by atoms with van der Waals surface area (Å²) in [5.74, 6) is 1.33. The monoisotopic (exact) mass is 314 g/mol. The highest BCUT2D eigenvalue weighted by atomic mass is 16.6. The Morgan fingerprint density at radius 1 is 1.17 bits per heavy atom. The number of nitrogens with zero attached hydrogens (tertiary/aromatic N) is 2. The number of benzene rings is 1. The van der Waals surface area contributed by atoms with Crippen LogP contribution < -0.4 is 9.47 Å². The van der Waals surface area contributed by atoms with E-state index in [1.165, 1.54) is 6.21 Å². The van der Waals surface area contributed by atoms with Crippen molar-refractivity contribution in [1.82, 2.24) is 4.98 Å². The zero-order chi connectivity index (χ0) is 16.7. The van der Waals surface area contributed by atoms with E-state index in [0.29, 0.717) is 22.8 Å². The van der Waals surface area contributed by atoms with Gasteiger partial charge in [0.15, 0.2) is 0 Å². The molecule has 0 amide bonds. The summed E-state index contributed by atoms with van der Waals surface area (Å²) in [6, 6.07) is 8.82. The fourth-order valence-corrected chi connectivity index (χ4v) is 2.12. The summed E-state index contributed by atoms with van der Waals surface area (Å²) in [6.45, 7) is 2.00. The smallest absolute Gasteiger partial charge is 0.150 e. The maximum Gasteiger partial charge on any atom is 0.150 e. The molecule has 0 aliphatic rings. The molecule has 0 spiro atoms. The van der Waals surface area contributed by atoms with E-state index in [0.717, 1.165) is 17.5 Å². The minimum Gasteiger partial charge on any atom is -0.496 e. The van der Waals surface area contributed by atoms with Crippen LogP contribution in [0, 0.1) is 6.92 Å². The number of rotatable bonds is 7. The van der Waals surface area contributed by atoms with Gasteiger partial charge in [-0.25, -0.2) is 0 Å². The first-order valence-electron chi connectivity index (χ1n) is 6.97. The van der Waals surface area contributed by atoms with Crippen LogP contribution in [-0.2, 0) is 11.4 Å². The predicted molar refractivity (Wildman–Crippen MR) is 86.3 cm³/mol. The number of methoxy groups -OCH3 is 2. The van der Waals surface area contributed by atoms with E-state index in [2.05, 4.69) is 10.1 Å². The molecule has 0 aliphatic heterocycles. The minimum atomic E-state index is 0.191. The van der Waals surface area contributed by atoms with Gasteiger partial charge in [-0.3, -0.25) is 9.78 Å². The lowest BCUT2D eigenvalue weighted by Crippen LogP contribution is -1.98. The third-order valence-corrected chi connectivity index (χ3v) is 3.13. The molecule has 0 aliphatic carbocycles.